The van der Waals surface area contributed by atoms with Crippen LogP contribution in [-0.2, 0) is 0 Å². The highest BCUT2D eigenvalue weighted by Crippen LogP contribution is 2.30. The predicted molar refractivity (Wildman–Crippen MR) is 83.9 cm³/mol. The summed E-state index contributed by atoms with van der Waals surface area (Å²) in [5.41, 5.74) is 5.05. The van der Waals surface area contributed by atoms with Gasteiger partial charge in [-0.15, -0.1) is 0 Å². The van der Waals surface area contributed by atoms with E-state index in [2.05, 4.69) is 58.1 Å². The van der Waals surface area contributed by atoms with Crippen LogP contribution in [0.2, 0.25) is 0 Å². The molecule has 0 radical (unpaired) electrons. The molecule has 2 heteroatoms. The van der Waals surface area contributed by atoms with Gasteiger partial charge in [0.25, 0.3) is 0 Å². The molecule has 2 nitrogen and oxygen atoms in total. The van der Waals surface area contributed by atoms with E-state index in [1.54, 1.807) is 7.11 Å². The summed E-state index contributed by atoms with van der Waals surface area (Å²) in [5.74, 6) is 0.975. The Morgan fingerprint density at radius 3 is 2.58 bits per heavy atom. The monoisotopic (exact) mass is 261 g/mol. The van der Waals surface area contributed by atoms with E-state index in [0.29, 0.717) is 6.04 Å². The lowest BCUT2D eigenvalue weighted by atomic mass is 9.97. The molecular weight excluding hydrogens is 234 g/mol. The molecule has 0 unspecified atom stereocenters. The third-order valence-electron chi connectivity index (χ3n) is 3.21. The Morgan fingerprint density at radius 2 is 2.00 bits per heavy atom. The van der Waals surface area contributed by atoms with Crippen LogP contribution in [0.3, 0.4) is 0 Å². The van der Waals surface area contributed by atoms with Crippen molar-refractivity contribution in [1.29, 1.82) is 0 Å². The number of hydrogen-bond donors (Lipinski definition) is 1. The lowest BCUT2D eigenvalue weighted by molar-refractivity contribution is 0.413. The van der Waals surface area contributed by atoms with Crippen molar-refractivity contribution in [2.75, 3.05) is 13.7 Å². The lowest BCUT2D eigenvalue weighted by Gasteiger charge is -2.14. The first-order valence-corrected chi connectivity index (χ1v) is 7.01. The fourth-order valence-corrected chi connectivity index (χ4v) is 2.36. The SMILES string of the molecule is COc1cc(C)cc(C)c1/C(C)=C/CCNC(C)C. The van der Waals surface area contributed by atoms with Gasteiger partial charge in [0.15, 0.2) is 0 Å². The van der Waals surface area contributed by atoms with Crippen molar-refractivity contribution in [3.63, 3.8) is 0 Å². The van der Waals surface area contributed by atoms with E-state index >= 15 is 0 Å². The van der Waals surface area contributed by atoms with Crippen molar-refractivity contribution in [2.24, 2.45) is 0 Å². The standard InChI is InChI=1S/C17H27NO/c1-12(2)18-9-7-8-14(4)17-15(5)10-13(3)11-16(17)19-6/h8,10-12,18H,7,9H2,1-6H3/b14-8+. The molecule has 0 saturated heterocycles. The maximum Gasteiger partial charge on any atom is 0.126 e. The zero-order valence-electron chi connectivity index (χ0n) is 13.1. The molecule has 1 N–H and O–H groups in total. The van der Waals surface area contributed by atoms with Crippen molar-refractivity contribution >= 4 is 5.57 Å². The van der Waals surface area contributed by atoms with Gasteiger partial charge >= 0.3 is 0 Å². The van der Waals surface area contributed by atoms with Crippen LogP contribution in [0.15, 0.2) is 18.2 Å². The topological polar surface area (TPSA) is 21.3 Å². The van der Waals surface area contributed by atoms with Crippen LogP contribution in [0.5, 0.6) is 5.75 Å². The van der Waals surface area contributed by atoms with E-state index in [4.69, 9.17) is 4.74 Å². The van der Waals surface area contributed by atoms with Crippen LogP contribution in [-0.4, -0.2) is 19.7 Å². The Labute approximate surface area is 117 Å². The van der Waals surface area contributed by atoms with Gasteiger partial charge in [0, 0.05) is 11.6 Å². The molecule has 0 aliphatic carbocycles. The largest absolute Gasteiger partial charge is 0.496 e. The molecule has 0 amide bonds. The number of ether oxygens (including phenoxy) is 1. The van der Waals surface area contributed by atoms with E-state index < -0.39 is 0 Å². The first-order valence-electron chi connectivity index (χ1n) is 7.01. The summed E-state index contributed by atoms with van der Waals surface area (Å²) in [4.78, 5) is 0. The van der Waals surface area contributed by atoms with Gasteiger partial charge in [-0.2, -0.15) is 0 Å². The molecule has 0 aliphatic heterocycles. The van der Waals surface area contributed by atoms with Crippen molar-refractivity contribution in [2.45, 2.75) is 47.1 Å². The van der Waals surface area contributed by atoms with Crippen LogP contribution in [0.4, 0.5) is 0 Å². The van der Waals surface area contributed by atoms with Crippen LogP contribution in [0, 0.1) is 13.8 Å². The second kappa shape index (κ2) is 7.34. The van der Waals surface area contributed by atoms with Crippen molar-refractivity contribution in [3.05, 3.63) is 34.9 Å². The highest BCUT2D eigenvalue weighted by molar-refractivity contribution is 5.72. The van der Waals surface area contributed by atoms with Crippen LogP contribution >= 0.6 is 0 Å². The first-order chi connectivity index (χ1) is 8.95. The molecule has 106 valence electrons. The second-order valence-corrected chi connectivity index (χ2v) is 5.44. The molecule has 0 atom stereocenters. The quantitative estimate of drug-likeness (QED) is 0.778. The lowest BCUT2D eigenvalue weighted by Crippen LogP contribution is -2.23. The summed E-state index contributed by atoms with van der Waals surface area (Å²) in [6.07, 6.45) is 3.33. The molecule has 0 aliphatic rings. The van der Waals surface area contributed by atoms with E-state index in [1.807, 2.05) is 0 Å². The molecule has 1 aromatic carbocycles. The van der Waals surface area contributed by atoms with Crippen molar-refractivity contribution in [1.82, 2.24) is 5.32 Å². The van der Waals surface area contributed by atoms with Crippen LogP contribution in [0.25, 0.3) is 5.57 Å². The smallest absolute Gasteiger partial charge is 0.126 e. The Morgan fingerprint density at radius 1 is 1.32 bits per heavy atom. The molecule has 0 fully saturated rings. The summed E-state index contributed by atoms with van der Waals surface area (Å²) in [5, 5.41) is 3.43. The van der Waals surface area contributed by atoms with Gasteiger partial charge in [-0.3, -0.25) is 0 Å². The van der Waals surface area contributed by atoms with E-state index in [1.165, 1.54) is 22.3 Å². The highest BCUT2D eigenvalue weighted by atomic mass is 16.5. The number of methoxy groups -OCH3 is 1. The molecule has 0 spiro atoms. The summed E-state index contributed by atoms with van der Waals surface area (Å²) in [7, 11) is 1.74. The number of benzene rings is 1. The van der Waals surface area contributed by atoms with Crippen LogP contribution < -0.4 is 10.1 Å². The molecular formula is C17H27NO. The molecule has 0 bridgehead atoms. The summed E-state index contributed by atoms with van der Waals surface area (Å²) < 4.78 is 5.52. The molecule has 19 heavy (non-hydrogen) atoms. The minimum absolute atomic E-state index is 0.546. The minimum Gasteiger partial charge on any atom is -0.496 e. The van der Waals surface area contributed by atoms with Gasteiger partial charge in [-0.05, 0) is 56.5 Å². The second-order valence-electron chi connectivity index (χ2n) is 5.44. The fourth-order valence-electron chi connectivity index (χ4n) is 2.36. The van der Waals surface area contributed by atoms with Gasteiger partial charge in [0.1, 0.15) is 5.75 Å². The van der Waals surface area contributed by atoms with Gasteiger partial charge in [0.05, 0.1) is 7.11 Å². The summed E-state index contributed by atoms with van der Waals surface area (Å²) in [6, 6.07) is 4.86. The first kappa shape index (κ1) is 15.8. The summed E-state index contributed by atoms with van der Waals surface area (Å²) in [6.45, 7) is 11.8. The average molecular weight is 261 g/mol. The Hall–Kier alpha value is -1.28. The number of hydrogen-bond acceptors (Lipinski definition) is 2. The number of rotatable bonds is 6. The Kier molecular flexibility index (Phi) is 6.10. The number of nitrogens with one attached hydrogen (secondary N) is 1. The van der Waals surface area contributed by atoms with Crippen molar-refractivity contribution in [3.8, 4) is 5.75 Å². The van der Waals surface area contributed by atoms with Crippen molar-refractivity contribution < 1.29 is 4.74 Å². The van der Waals surface area contributed by atoms with Gasteiger partial charge in [0.2, 0.25) is 0 Å². The molecule has 0 saturated carbocycles. The average Bonchev–Trinajstić information content (AvgIpc) is 2.33. The molecule has 0 heterocycles. The molecule has 1 rings (SSSR count). The Bertz CT molecular complexity index is 447. The normalized spacial score (nSPS) is 12.1. The number of allylic oxidation sites excluding steroid dienone is 1. The summed E-state index contributed by atoms with van der Waals surface area (Å²) >= 11 is 0. The van der Waals surface area contributed by atoms with E-state index in [-0.39, 0.29) is 0 Å². The Balaban J connectivity index is 2.86. The maximum absolute atomic E-state index is 5.52. The minimum atomic E-state index is 0.546. The maximum atomic E-state index is 5.52. The highest BCUT2D eigenvalue weighted by Gasteiger charge is 2.09. The zero-order valence-corrected chi connectivity index (χ0v) is 13.1. The third kappa shape index (κ3) is 4.71. The van der Waals surface area contributed by atoms with Gasteiger partial charge < -0.3 is 10.1 Å². The zero-order chi connectivity index (χ0) is 14.4. The van der Waals surface area contributed by atoms with Gasteiger partial charge in [-0.25, -0.2) is 0 Å². The third-order valence-corrected chi connectivity index (χ3v) is 3.21. The molecule has 1 aromatic rings. The molecule has 0 aromatic heterocycles. The van der Waals surface area contributed by atoms with Crippen LogP contribution in [0.1, 0.15) is 43.9 Å². The fraction of sp³-hybridized carbons (Fsp3) is 0.529. The number of aryl methyl sites for hydroxylation is 2. The van der Waals surface area contributed by atoms with Gasteiger partial charge in [-0.1, -0.05) is 26.0 Å². The predicted octanol–water partition coefficient (Wildman–Crippen LogP) is 4.10. The van der Waals surface area contributed by atoms with E-state index in [0.717, 1.165) is 18.7 Å². The van der Waals surface area contributed by atoms with E-state index in [9.17, 15) is 0 Å².